The molecule has 68 valence electrons. The van der Waals surface area contributed by atoms with Crippen LogP contribution in [-0.2, 0) is 0 Å². The van der Waals surface area contributed by atoms with E-state index < -0.39 is 0 Å². The largest absolute Gasteiger partial charge is 0.330 e. The summed E-state index contributed by atoms with van der Waals surface area (Å²) in [6.07, 6.45) is 7.06. The van der Waals surface area contributed by atoms with Crippen LogP contribution in [0.25, 0.3) is 0 Å². The highest BCUT2D eigenvalue weighted by Gasteiger charge is 2.04. The van der Waals surface area contributed by atoms with Crippen molar-refractivity contribution in [2.45, 2.75) is 19.8 Å². The Morgan fingerprint density at radius 2 is 2.33 bits per heavy atom. The fourth-order valence-corrected chi connectivity index (χ4v) is 1.08. The fraction of sp³-hybridized carbons (Fsp3) is 0.500. The van der Waals surface area contributed by atoms with Crippen LogP contribution in [0, 0.1) is 11.3 Å². The molecule has 12 heavy (non-hydrogen) atoms. The third-order valence-electron chi connectivity index (χ3n) is 1.89. The first kappa shape index (κ1) is 11.1. The quantitative estimate of drug-likeness (QED) is 0.461. The summed E-state index contributed by atoms with van der Waals surface area (Å²) in [6.45, 7) is 6.44. The third-order valence-corrected chi connectivity index (χ3v) is 1.89. The van der Waals surface area contributed by atoms with Gasteiger partial charge in [-0.15, -0.1) is 0 Å². The molecule has 0 aliphatic heterocycles. The number of hydrogen-bond donors (Lipinski definition) is 2. The molecule has 0 amide bonds. The van der Waals surface area contributed by atoms with Crippen LogP contribution in [0.4, 0.5) is 0 Å². The zero-order valence-corrected chi connectivity index (χ0v) is 7.72. The summed E-state index contributed by atoms with van der Waals surface area (Å²) >= 11 is 0. The molecule has 0 aliphatic rings. The van der Waals surface area contributed by atoms with Crippen molar-refractivity contribution in [2.75, 3.05) is 6.54 Å². The summed E-state index contributed by atoms with van der Waals surface area (Å²) in [5, 5.41) is 7.16. The van der Waals surface area contributed by atoms with E-state index >= 15 is 0 Å². The Labute approximate surface area is 74.7 Å². The lowest BCUT2D eigenvalue weighted by Crippen LogP contribution is -2.05. The molecule has 0 aromatic carbocycles. The van der Waals surface area contributed by atoms with Crippen molar-refractivity contribution >= 4 is 6.21 Å². The average Bonchev–Trinajstić information content (AvgIpc) is 2.10. The molecule has 0 saturated carbocycles. The molecule has 0 saturated heterocycles. The number of hydrogen-bond acceptors (Lipinski definition) is 2. The van der Waals surface area contributed by atoms with Gasteiger partial charge in [0.15, 0.2) is 0 Å². The maximum Gasteiger partial charge on any atom is 0.0212 e. The normalized spacial score (nSPS) is 14.0. The van der Waals surface area contributed by atoms with Crippen molar-refractivity contribution in [3.63, 3.8) is 0 Å². The van der Waals surface area contributed by atoms with Crippen LogP contribution >= 0.6 is 0 Å². The van der Waals surface area contributed by atoms with Crippen LogP contribution in [0.3, 0.4) is 0 Å². The van der Waals surface area contributed by atoms with Crippen molar-refractivity contribution in [1.82, 2.24) is 0 Å². The first-order chi connectivity index (χ1) is 5.76. The lowest BCUT2D eigenvalue weighted by Gasteiger charge is -2.10. The topological polar surface area (TPSA) is 49.9 Å². The highest BCUT2D eigenvalue weighted by atomic mass is 14.5. The summed E-state index contributed by atoms with van der Waals surface area (Å²) in [7, 11) is 0. The van der Waals surface area contributed by atoms with Crippen LogP contribution in [0.1, 0.15) is 19.8 Å². The predicted octanol–water partition coefficient (Wildman–Crippen LogP) is 2.12. The first-order valence-corrected chi connectivity index (χ1v) is 4.29. The Hall–Kier alpha value is -0.890. The molecular weight excluding hydrogens is 148 g/mol. The molecule has 0 aromatic rings. The van der Waals surface area contributed by atoms with E-state index in [0.29, 0.717) is 5.92 Å². The molecule has 2 heteroatoms. The van der Waals surface area contributed by atoms with E-state index in [9.17, 15) is 0 Å². The number of rotatable bonds is 6. The van der Waals surface area contributed by atoms with Gasteiger partial charge in [0, 0.05) is 6.21 Å². The minimum atomic E-state index is 0.420. The second kappa shape index (κ2) is 6.80. The van der Waals surface area contributed by atoms with Gasteiger partial charge in [-0.05, 0) is 30.9 Å². The van der Waals surface area contributed by atoms with E-state index in [0.717, 1.165) is 25.0 Å². The van der Waals surface area contributed by atoms with Gasteiger partial charge >= 0.3 is 0 Å². The van der Waals surface area contributed by atoms with E-state index in [4.69, 9.17) is 11.1 Å². The minimum absolute atomic E-state index is 0.420. The molecule has 0 heterocycles. The Balaban J connectivity index is 4.02. The van der Waals surface area contributed by atoms with Crippen molar-refractivity contribution < 1.29 is 0 Å². The van der Waals surface area contributed by atoms with E-state index in [-0.39, 0.29) is 0 Å². The Bertz CT molecular complexity index is 171. The van der Waals surface area contributed by atoms with Crippen LogP contribution in [-0.4, -0.2) is 12.8 Å². The van der Waals surface area contributed by atoms with Gasteiger partial charge < -0.3 is 11.1 Å². The number of allylic oxidation sites excluding steroid dienone is 3. The van der Waals surface area contributed by atoms with Crippen molar-refractivity contribution in [3.8, 4) is 0 Å². The average molecular weight is 166 g/mol. The summed E-state index contributed by atoms with van der Waals surface area (Å²) < 4.78 is 0. The van der Waals surface area contributed by atoms with Crippen LogP contribution in [0.2, 0.25) is 0 Å². The molecule has 3 N–H and O–H groups in total. The summed E-state index contributed by atoms with van der Waals surface area (Å²) in [4.78, 5) is 0. The number of nitrogens with one attached hydrogen (secondary N) is 1. The van der Waals surface area contributed by atoms with Crippen LogP contribution < -0.4 is 5.73 Å². The molecule has 0 spiro atoms. The van der Waals surface area contributed by atoms with Gasteiger partial charge in [-0.1, -0.05) is 25.7 Å². The number of nitrogens with two attached hydrogens (primary N) is 1. The highest BCUT2D eigenvalue weighted by Crippen LogP contribution is 2.14. The summed E-state index contributed by atoms with van der Waals surface area (Å²) in [5.41, 5.74) is 6.42. The molecule has 0 radical (unpaired) electrons. The van der Waals surface area contributed by atoms with E-state index in [1.165, 1.54) is 6.21 Å². The van der Waals surface area contributed by atoms with Gasteiger partial charge in [-0.2, -0.15) is 0 Å². The summed E-state index contributed by atoms with van der Waals surface area (Å²) in [6, 6.07) is 0. The molecule has 0 fully saturated rings. The van der Waals surface area contributed by atoms with E-state index in [2.05, 4.69) is 13.5 Å². The van der Waals surface area contributed by atoms with Crippen molar-refractivity contribution in [2.24, 2.45) is 11.7 Å². The molecule has 1 atom stereocenters. The van der Waals surface area contributed by atoms with Gasteiger partial charge in [0.1, 0.15) is 0 Å². The van der Waals surface area contributed by atoms with Crippen LogP contribution in [0.15, 0.2) is 24.3 Å². The standard InChI is InChI=1S/C10H18N2/c1-3-5-10(8-12)9(2)6-4-7-11/h3,5,8-9,12H,1,4,6-7,11H2,2H3/b10-5+,12-8?. The highest BCUT2D eigenvalue weighted by molar-refractivity contribution is 5.76. The molecule has 0 aliphatic carbocycles. The van der Waals surface area contributed by atoms with Gasteiger partial charge in [-0.3, -0.25) is 0 Å². The Morgan fingerprint density at radius 1 is 1.67 bits per heavy atom. The zero-order valence-electron chi connectivity index (χ0n) is 7.72. The smallest absolute Gasteiger partial charge is 0.0212 e. The van der Waals surface area contributed by atoms with Gasteiger partial charge in [0.25, 0.3) is 0 Å². The molecule has 0 rings (SSSR count). The lowest BCUT2D eigenvalue weighted by atomic mass is 9.96. The van der Waals surface area contributed by atoms with Crippen molar-refractivity contribution in [1.29, 1.82) is 5.41 Å². The lowest BCUT2D eigenvalue weighted by molar-refractivity contribution is 0.601. The summed E-state index contributed by atoms with van der Waals surface area (Å²) in [5.74, 6) is 0.420. The third kappa shape index (κ3) is 4.09. The maximum absolute atomic E-state index is 7.16. The minimum Gasteiger partial charge on any atom is -0.330 e. The zero-order chi connectivity index (χ0) is 9.40. The first-order valence-electron chi connectivity index (χ1n) is 4.29. The second-order valence-corrected chi connectivity index (χ2v) is 2.88. The molecule has 2 nitrogen and oxygen atoms in total. The van der Waals surface area contributed by atoms with Gasteiger partial charge in [-0.25, -0.2) is 0 Å². The van der Waals surface area contributed by atoms with E-state index in [1.807, 2.05) is 6.08 Å². The van der Waals surface area contributed by atoms with Gasteiger partial charge in [0.2, 0.25) is 0 Å². The maximum atomic E-state index is 7.16. The SMILES string of the molecule is C=C/C=C(\C=N)C(C)CCCN. The Kier molecular flexibility index (Phi) is 6.29. The molecular formula is C10H18N2. The second-order valence-electron chi connectivity index (χ2n) is 2.88. The molecule has 0 aromatic heterocycles. The fourth-order valence-electron chi connectivity index (χ4n) is 1.08. The van der Waals surface area contributed by atoms with Crippen molar-refractivity contribution in [3.05, 3.63) is 24.3 Å². The predicted molar refractivity (Wildman–Crippen MR) is 54.5 cm³/mol. The van der Waals surface area contributed by atoms with Gasteiger partial charge in [0.05, 0.1) is 0 Å². The van der Waals surface area contributed by atoms with E-state index in [1.54, 1.807) is 6.08 Å². The molecule has 1 unspecified atom stereocenters. The molecule has 0 bridgehead atoms. The van der Waals surface area contributed by atoms with Crippen LogP contribution in [0.5, 0.6) is 0 Å². The monoisotopic (exact) mass is 166 g/mol. The Morgan fingerprint density at radius 3 is 2.75 bits per heavy atom.